The van der Waals surface area contributed by atoms with Gasteiger partial charge in [0.2, 0.25) is 5.95 Å². The van der Waals surface area contributed by atoms with Crippen LogP contribution in [0.2, 0.25) is 0 Å². The van der Waals surface area contributed by atoms with E-state index >= 15 is 0 Å². The molecule has 19 heavy (non-hydrogen) atoms. The van der Waals surface area contributed by atoms with Gasteiger partial charge >= 0.3 is 0 Å². The number of aromatic nitrogens is 2. The second-order valence-electron chi connectivity index (χ2n) is 5.75. The van der Waals surface area contributed by atoms with Crippen LogP contribution >= 0.6 is 0 Å². The molecule has 0 amide bonds. The quantitative estimate of drug-likeness (QED) is 0.919. The van der Waals surface area contributed by atoms with Crippen molar-refractivity contribution in [2.45, 2.75) is 31.3 Å². The lowest BCUT2D eigenvalue weighted by Crippen LogP contribution is -2.40. The molecule has 1 saturated carbocycles. The summed E-state index contributed by atoms with van der Waals surface area (Å²) in [4.78, 5) is 6.74. The molecule has 4 nitrogen and oxygen atoms in total. The second-order valence-corrected chi connectivity index (χ2v) is 5.75. The second kappa shape index (κ2) is 4.53. The number of nitrogens with zero attached hydrogens (tertiary/aromatic N) is 3. The van der Waals surface area contributed by atoms with Gasteiger partial charge in [-0.2, -0.15) is 0 Å². The molecule has 2 aromatic rings. The van der Waals surface area contributed by atoms with E-state index in [4.69, 9.17) is 0 Å². The Morgan fingerprint density at radius 1 is 1.32 bits per heavy atom. The highest BCUT2D eigenvalue weighted by Gasteiger charge is 2.33. The molecule has 0 atom stereocenters. The van der Waals surface area contributed by atoms with E-state index in [-0.39, 0.29) is 0 Å². The zero-order valence-electron chi connectivity index (χ0n) is 11.6. The lowest BCUT2D eigenvalue weighted by molar-refractivity contribution is 0.0555. The van der Waals surface area contributed by atoms with Gasteiger partial charge in [-0.1, -0.05) is 25.0 Å². The molecule has 0 radical (unpaired) electrons. The normalized spacial score (nSPS) is 18.1. The van der Waals surface area contributed by atoms with Gasteiger partial charge in [-0.3, -0.25) is 0 Å². The van der Waals surface area contributed by atoms with E-state index in [1.165, 1.54) is 0 Å². The van der Waals surface area contributed by atoms with Crippen molar-refractivity contribution in [3.63, 3.8) is 0 Å². The first kappa shape index (κ1) is 12.5. The number of aliphatic hydroxyl groups is 1. The molecule has 0 aliphatic heterocycles. The van der Waals surface area contributed by atoms with Gasteiger partial charge in [-0.15, -0.1) is 0 Å². The smallest absolute Gasteiger partial charge is 0.206 e. The molecule has 1 aliphatic carbocycles. The van der Waals surface area contributed by atoms with Crippen LogP contribution in [0.4, 0.5) is 5.95 Å². The van der Waals surface area contributed by atoms with Crippen LogP contribution in [0.1, 0.15) is 25.7 Å². The van der Waals surface area contributed by atoms with Crippen LogP contribution in [0.5, 0.6) is 0 Å². The summed E-state index contributed by atoms with van der Waals surface area (Å²) >= 11 is 0. The van der Waals surface area contributed by atoms with E-state index in [1.807, 2.05) is 32.3 Å². The van der Waals surface area contributed by atoms with Gasteiger partial charge in [0.1, 0.15) is 0 Å². The van der Waals surface area contributed by atoms with Crippen LogP contribution in [-0.2, 0) is 7.05 Å². The SMILES string of the molecule is CN(CC1(O)CCCC1)c1nc2ccccc2n1C. The van der Waals surface area contributed by atoms with Crippen molar-refractivity contribution in [2.75, 3.05) is 18.5 Å². The summed E-state index contributed by atoms with van der Waals surface area (Å²) in [5, 5.41) is 10.5. The molecule has 0 unspecified atom stereocenters. The Balaban J connectivity index is 1.89. The van der Waals surface area contributed by atoms with Gasteiger partial charge in [0.15, 0.2) is 0 Å². The average Bonchev–Trinajstić information content (AvgIpc) is 2.95. The molecule has 1 N–H and O–H groups in total. The van der Waals surface area contributed by atoms with Crippen molar-refractivity contribution < 1.29 is 5.11 Å². The van der Waals surface area contributed by atoms with E-state index < -0.39 is 5.60 Å². The van der Waals surface area contributed by atoms with Crippen LogP contribution < -0.4 is 4.90 Å². The summed E-state index contributed by atoms with van der Waals surface area (Å²) in [5.41, 5.74) is 1.60. The summed E-state index contributed by atoms with van der Waals surface area (Å²) in [6, 6.07) is 8.13. The minimum Gasteiger partial charge on any atom is -0.388 e. The Morgan fingerprint density at radius 3 is 2.68 bits per heavy atom. The molecule has 3 rings (SSSR count). The van der Waals surface area contributed by atoms with Crippen molar-refractivity contribution in [2.24, 2.45) is 7.05 Å². The Hall–Kier alpha value is -1.55. The summed E-state index contributed by atoms with van der Waals surface area (Å²) in [6.07, 6.45) is 4.07. The number of hydrogen-bond donors (Lipinski definition) is 1. The van der Waals surface area contributed by atoms with Crippen molar-refractivity contribution >= 4 is 17.0 Å². The predicted molar refractivity (Wildman–Crippen MR) is 77.4 cm³/mol. The standard InChI is InChI=1S/C15H21N3O/c1-17(11-15(19)9-5-6-10-15)14-16-12-7-3-4-8-13(12)18(14)2/h3-4,7-8,19H,5-6,9-11H2,1-2H3. The molecule has 0 bridgehead atoms. The number of fused-ring (bicyclic) bond motifs is 1. The number of hydrogen-bond acceptors (Lipinski definition) is 3. The molecular formula is C15H21N3O. The van der Waals surface area contributed by atoms with Crippen LogP contribution in [0.15, 0.2) is 24.3 Å². The van der Waals surface area contributed by atoms with E-state index in [9.17, 15) is 5.11 Å². The van der Waals surface area contributed by atoms with Gasteiger partial charge in [0.05, 0.1) is 16.6 Å². The van der Waals surface area contributed by atoms with Gasteiger partial charge < -0.3 is 14.6 Å². The van der Waals surface area contributed by atoms with E-state index in [2.05, 4.69) is 20.5 Å². The topological polar surface area (TPSA) is 41.3 Å². The average molecular weight is 259 g/mol. The first-order chi connectivity index (χ1) is 9.09. The minimum absolute atomic E-state index is 0.535. The van der Waals surface area contributed by atoms with Crippen molar-refractivity contribution in [3.8, 4) is 0 Å². The maximum Gasteiger partial charge on any atom is 0.206 e. The first-order valence-corrected chi connectivity index (χ1v) is 6.94. The molecule has 4 heteroatoms. The number of para-hydroxylation sites is 2. The summed E-state index contributed by atoms with van der Waals surface area (Å²) in [7, 11) is 4.04. The Bertz CT molecular complexity index is 584. The fraction of sp³-hybridized carbons (Fsp3) is 0.533. The fourth-order valence-electron chi connectivity index (χ4n) is 3.18. The maximum atomic E-state index is 10.5. The summed E-state index contributed by atoms with van der Waals surface area (Å²) < 4.78 is 2.09. The van der Waals surface area contributed by atoms with Gasteiger partial charge in [0, 0.05) is 20.6 Å². The predicted octanol–water partition coefficient (Wildman–Crippen LogP) is 2.31. The third-order valence-electron chi connectivity index (χ3n) is 4.17. The van der Waals surface area contributed by atoms with Gasteiger partial charge in [0.25, 0.3) is 0 Å². The Morgan fingerprint density at radius 2 is 2.00 bits per heavy atom. The number of benzene rings is 1. The number of imidazole rings is 1. The van der Waals surface area contributed by atoms with Gasteiger partial charge in [-0.05, 0) is 25.0 Å². The molecule has 1 heterocycles. The zero-order chi connectivity index (χ0) is 13.5. The third kappa shape index (κ3) is 2.21. The lowest BCUT2D eigenvalue weighted by Gasteiger charge is -2.29. The fourth-order valence-corrected chi connectivity index (χ4v) is 3.18. The maximum absolute atomic E-state index is 10.5. The molecule has 0 saturated heterocycles. The number of anilines is 1. The highest BCUT2D eigenvalue weighted by atomic mass is 16.3. The largest absolute Gasteiger partial charge is 0.388 e. The van der Waals surface area contributed by atoms with E-state index in [1.54, 1.807) is 0 Å². The summed E-state index contributed by atoms with van der Waals surface area (Å²) in [6.45, 7) is 0.657. The third-order valence-corrected chi connectivity index (χ3v) is 4.17. The van der Waals surface area contributed by atoms with Crippen molar-refractivity contribution in [1.82, 2.24) is 9.55 Å². The molecule has 1 aliphatic rings. The minimum atomic E-state index is -0.535. The number of likely N-dealkylation sites (N-methyl/N-ethyl adjacent to an activating group) is 1. The molecule has 1 aromatic carbocycles. The highest BCUT2D eigenvalue weighted by Crippen LogP contribution is 2.31. The molecule has 102 valence electrons. The van der Waals surface area contributed by atoms with E-state index in [0.29, 0.717) is 6.54 Å². The summed E-state index contributed by atoms with van der Waals surface area (Å²) in [5.74, 6) is 0.918. The number of rotatable bonds is 3. The molecule has 0 spiro atoms. The van der Waals surface area contributed by atoms with Crippen LogP contribution in [-0.4, -0.2) is 33.9 Å². The number of aryl methyl sites for hydroxylation is 1. The molecule has 1 aromatic heterocycles. The van der Waals surface area contributed by atoms with Gasteiger partial charge in [-0.25, -0.2) is 4.98 Å². The zero-order valence-corrected chi connectivity index (χ0v) is 11.6. The van der Waals surface area contributed by atoms with Crippen LogP contribution in [0.3, 0.4) is 0 Å². The van der Waals surface area contributed by atoms with Crippen molar-refractivity contribution in [3.05, 3.63) is 24.3 Å². The van der Waals surface area contributed by atoms with E-state index in [0.717, 1.165) is 42.7 Å². The van der Waals surface area contributed by atoms with Crippen LogP contribution in [0.25, 0.3) is 11.0 Å². The molecular weight excluding hydrogens is 238 g/mol. The lowest BCUT2D eigenvalue weighted by atomic mass is 10.0. The van der Waals surface area contributed by atoms with Crippen molar-refractivity contribution in [1.29, 1.82) is 0 Å². The Kier molecular flexibility index (Phi) is 2.97. The van der Waals surface area contributed by atoms with Crippen LogP contribution in [0, 0.1) is 0 Å². The Labute approximate surface area is 113 Å². The first-order valence-electron chi connectivity index (χ1n) is 6.94. The highest BCUT2D eigenvalue weighted by molar-refractivity contribution is 5.78. The molecule has 1 fully saturated rings. The monoisotopic (exact) mass is 259 g/mol.